The van der Waals surface area contributed by atoms with Gasteiger partial charge in [-0.3, -0.25) is 9.78 Å². The van der Waals surface area contributed by atoms with Crippen molar-refractivity contribution in [3.05, 3.63) is 65.4 Å². The van der Waals surface area contributed by atoms with Gasteiger partial charge in [-0.05, 0) is 42.0 Å². The number of hydrogen-bond acceptors (Lipinski definition) is 5. The lowest BCUT2D eigenvalue weighted by atomic mass is 10.2. The number of carbonyl (C=O) groups is 1. The second-order valence-electron chi connectivity index (χ2n) is 5.51. The number of benzene rings is 1. The number of hydrogen-bond donors (Lipinski definition) is 1. The van der Waals surface area contributed by atoms with E-state index >= 15 is 0 Å². The summed E-state index contributed by atoms with van der Waals surface area (Å²) in [5, 5.41) is 3.43. The molecule has 0 saturated carbocycles. The smallest absolute Gasteiger partial charge is 0.406 e. The molecule has 27 heavy (non-hydrogen) atoms. The maximum Gasteiger partial charge on any atom is 0.573 e. The van der Waals surface area contributed by atoms with Crippen molar-refractivity contribution >= 4 is 17.2 Å². The Kier molecular flexibility index (Phi) is 5.70. The predicted octanol–water partition coefficient (Wildman–Crippen LogP) is 3.96. The van der Waals surface area contributed by atoms with E-state index in [9.17, 15) is 18.0 Å². The molecular weight excluding hydrogens is 379 g/mol. The second-order valence-corrected chi connectivity index (χ2v) is 6.63. The van der Waals surface area contributed by atoms with Gasteiger partial charge in [0.25, 0.3) is 0 Å². The van der Waals surface area contributed by atoms with Crippen LogP contribution in [0.15, 0.2) is 55.0 Å². The van der Waals surface area contributed by atoms with Gasteiger partial charge in [-0.2, -0.15) is 0 Å². The average molecular weight is 393 g/mol. The van der Waals surface area contributed by atoms with Gasteiger partial charge in [0.05, 0.1) is 6.42 Å². The first-order valence-corrected chi connectivity index (χ1v) is 8.67. The van der Waals surface area contributed by atoms with Crippen LogP contribution in [-0.4, -0.2) is 22.2 Å². The molecule has 0 bridgehead atoms. The zero-order valence-electron chi connectivity index (χ0n) is 13.9. The van der Waals surface area contributed by atoms with Gasteiger partial charge in [0, 0.05) is 35.6 Å². The summed E-state index contributed by atoms with van der Waals surface area (Å²) in [5.41, 5.74) is 1.60. The van der Waals surface area contributed by atoms with Crippen molar-refractivity contribution in [3.63, 3.8) is 0 Å². The Morgan fingerprint density at radius 2 is 1.81 bits per heavy atom. The van der Waals surface area contributed by atoms with Crippen molar-refractivity contribution in [3.8, 4) is 16.3 Å². The zero-order chi connectivity index (χ0) is 19.3. The van der Waals surface area contributed by atoms with Crippen LogP contribution in [0.5, 0.6) is 5.75 Å². The van der Waals surface area contributed by atoms with Crippen LogP contribution in [0.25, 0.3) is 10.6 Å². The first kappa shape index (κ1) is 18.8. The molecule has 0 saturated heterocycles. The fraction of sp³-hybridized carbons (Fsp3) is 0.167. The number of thiazole rings is 1. The lowest BCUT2D eigenvalue weighted by Crippen LogP contribution is -2.24. The summed E-state index contributed by atoms with van der Waals surface area (Å²) in [4.78, 5) is 20.9. The van der Waals surface area contributed by atoms with E-state index in [4.69, 9.17) is 0 Å². The molecule has 0 atom stereocenters. The lowest BCUT2D eigenvalue weighted by Gasteiger charge is -2.08. The maximum atomic E-state index is 12.2. The third-order valence-corrected chi connectivity index (χ3v) is 4.51. The van der Waals surface area contributed by atoms with E-state index in [2.05, 4.69) is 20.0 Å². The number of aromatic nitrogens is 2. The van der Waals surface area contributed by atoms with Crippen LogP contribution in [-0.2, 0) is 17.8 Å². The molecule has 3 aromatic rings. The predicted molar refractivity (Wildman–Crippen MR) is 94.0 cm³/mol. The summed E-state index contributed by atoms with van der Waals surface area (Å²) < 4.78 is 40.4. The summed E-state index contributed by atoms with van der Waals surface area (Å²) in [6, 6.07) is 9.07. The van der Waals surface area contributed by atoms with E-state index in [1.54, 1.807) is 18.6 Å². The molecule has 140 valence electrons. The number of alkyl halides is 3. The molecular formula is C18H14F3N3O2S. The number of halogens is 3. The number of nitrogens with one attached hydrogen (secondary N) is 1. The maximum absolute atomic E-state index is 12.2. The third kappa shape index (κ3) is 5.78. The van der Waals surface area contributed by atoms with Crippen molar-refractivity contribution in [2.75, 3.05) is 0 Å². The number of rotatable bonds is 6. The number of nitrogens with zero attached hydrogens (tertiary/aromatic N) is 2. The van der Waals surface area contributed by atoms with Crippen molar-refractivity contribution in [1.82, 2.24) is 15.3 Å². The average Bonchev–Trinajstić information content (AvgIpc) is 3.08. The molecule has 0 aliphatic carbocycles. The van der Waals surface area contributed by atoms with Crippen molar-refractivity contribution < 1.29 is 22.7 Å². The molecule has 1 N–H and O–H groups in total. The molecule has 9 heteroatoms. The Balaban J connectivity index is 1.57. The molecule has 0 aliphatic rings. The number of pyridine rings is 1. The highest BCUT2D eigenvalue weighted by molar-refractivity contribution is 7.15. The van der Waals surface area contributed by atoms with Crippen molar-refractivity contribution in [1.29, 1.82) is 0 Å². The van der Waals surface area contributed by atoms with E-state index in [1.807, 2.05) is 12.1 Å². The minimum Gasteiger partial charge on any atom is -0.406 e. The lowest BCUT2D eigenvalue weighted by molar-refractivity contribution is -0.274. The standard InChI is InChI=1S/C18H14F3N3O2S/c19-18(20,21)26-14-3-1-13(2-4-14)17-24-11-15(27-17)9-16(25)23-10-12-5-7-22-8-6-12/h1-8,11H,9-10H2,(H,23,25). The van der Waals surface area contributed by atoms with Gasteiger partial charge in [0.1, 0.15) is 10.8 Å². The Morgan fingerprint density at radius 1 is 1.11 bits per heavy atom. The number of carbonyl (C=O) groups excluding carboxylic acids is 1. The van der Waals surface area contributed by atoms with Crippen molar-refractivity contribution in [2.24, 2.45) is 0 Å². The highest BCUT2D eigenvalue weighted by atomic mass is 32.1. The van der Waals surface area contributed by atoms with Gasteiger partial charge in [-0.25, -0.2) is 4.98 Å². The van der Waals surface area contributed by atoms with Gasteiger partial charge in [-0.1, -0.05) is 0 Å². The highest BCUT2D eigenvalue weighted by Gasteiger charge is 2.31. The van der Waals surface area contributed by atoms with Gasteiger partial charge < -0.3 is 10.1 Å². The number of amides is 1. The summed E-state index contributed by atoms with van der Waals surface area (Å²) in [6.07, 6.45) is 0.355. The van der Waals surface area contributed by atoms with E-state index in [0.29, 0.717) is 17.1 Å². The highest BCUT2D eigenvalue weighted by Crippen LogP contribution is 2.29. The Morgan fingerprint density at radius 3 is 2.48 bits per heavy atom. The quantitative estimate of drug-likeness (QED) is 0.689. The zero-order valence-corrected chi connectivity index (χ0v) is 14.7. The molecule has 0 radical (unpaired) electrons. The van der Waals surface area contributed by atoms with Crippen molar-refractivity contribution in [2.45, 2.75) is 19.3 Å². The normalized spacial score (nSPS) is 11.2. The Bertz CT molecular complexity index is 896. The Labute approximate surface area is 156 Å². The van der Waals surface area contributed by atoms with E-state index < -0.39 is 6.36 Å². The molecule has 0 fully saturated rings. The van der Waals surface area contributed by atoms with Crippen LogP contribution in [0, 0.1) is 0 Å². The molecule has 1 amide bonds. The summed E-state index contributed by atoms with van der Waals surface area (Å²) in [6.45, 7) is 0.410. The molecule has 3 rings (SSSR count). The van der Waals surface area contributed by atoms with Gasteiger partial charge >= 0.3 is 6.36 Å². The third-order valence-electron chi connectivity index (χ3n) is 3.46. The van der Waals surface area contributed by atoms with Crippen LogP contribution < -0.4 is 10.1 Å². The minimum absolute atomic E-state index is 0.143. The summed E-state index contributed by atoms with van der Waals surface area (Å²) in [5.74, 6) is -0.436. The van der Waals surface area contributed by atoms with Crippen LogP contribution >= 0.6 is 11.3 Å². The SMILES string of the molecule is O=C(Cc1cnc(-c2ccc(OC(F)(F)F)cc2)s1)NCc1ccncc1. The fourth-order valence-corrected chi connectivity index (χ4v) is 3.16. The second kappa shape index (κ2) is 8.17. The van der Waals surface area contributed by atoms with Crippen LogP contribution in [0.3, 0.4) is 0 Å². The summed E-state index contributed by atoms with van der Waals surface area (Å²) in [7, 11) is 0. The molecule has 2 aromatic heterocycles. The van der Waals surface area contributed by atoms with E-state index in [-0.39, 0.29) is 18.1 Å². The van der Waals surface area contributed by atoms with E-state index in [1.165, 1.54) is 35.6 Å². The van der Waals surface area contributed by atoms with Gasteiger partial charge in [0.2, 0.25) is 5.91 Å². The first-order valence-electron chi connectivity index (χ1n) is 7.85. The van der Waals surface area contributed by atoms with Crippen LogP contribution in [0.4, 0.5) is 13.2 Å². The number of ether oxygens (including phenoxy) is 1. The molecule has 0 aliphatic heterocycles. The van der Waals surface area contributed by atoms with Crippen LogP contribution in [0.2, 0.25) is 0 Å². The molecule has 0 unspecified atom stereocenters. The minimum atomic E-state index is -4.72. The van der Waals surface area contributed by atoms with Crippen LogP contribution in [0.1, 0.15) is 10.4 Å². The molecule has 2 heterocycles. The molecule has 1 aromatic carbocycles. The first-order chi connectivity index (χ1) is 12.9. The fourth-order valence-electron chi connectivity index (χ4n) is 2.24. The summed E-state index contributed by atoms with van der Waals surface area (Å²) >= 11 is 1.31. The van der Waals surface area contributed by atoms with Gasteiger partial charge in [-0.15, -0.1) is 24.5 Å². The largest absolute Gasteiger partial charge is 0.573 e. The molecule has 5 nitrogen and oxygen atoms in total. The van der Waals surface area contributed by atoms with Gasteiger partial charge in [0.15, 0.2) is 0 Å². The Hall–Kier alpha value is -2.94. The van der Waals surface area contributed by atoms with E-state index in [0.717, 1.165) is 10.4 Å². The monoisotopic (exact) mass is 393 g/mol. The topological polar surface area (TPSA) is 64.1 Å². The molecule has 0 spiro atoms.